The van der Waals surface area contributed by atoms with Crippen LogP contribution in [-0.2, 0) is 6.54 Å². The number of anilines is 1. The third-order valence-corrected chi connectivity index (χ3v) is 5.64. The first-order valence-electron chi connectivity index (χ1n) is 11.4. The molecule has 0 aliphatic carbocycles. The van der Waals surface area contributed by atoms with Crippen LogP contribution in [0.25, 0.3) is 27.6 Å². The van der Waals surface area contributed by atoms with Crippen LogP contribution in [0.1, 0.15) is 30.7 Å². The number of pyridine rings is 3. The Kier molecular flexibility index (Phi) is 6.98. The molecule has 0 fully saturated rings. The summed E-state index contributed by atoms with van der Waals surface area (Å²) < 4.78 is 0. The van der Waals surface area contributed by atoms with E-state index >= 15 is 0 Å². The van der Waals surface area contributed by atoms with E-state index in [1.165, 1.54) is 11.1 Å². The molecule has 0 aliphatic heterocycles. The van der Waals surface area contributed by atoms with E-state index in [9.17, 15) is 0 Å². The molecule has 0 bridgehead atoms. The zero-order valence-electron chi connectivity index (χ0n) is 20.3. The van der Waals surface area contributed by atoms with Crippen LogP contribution >= 0.6 is 0 Å². The molecule has 0 saturated heterocycles. The van der Waals surface area contributed by atoms with Gasteiger partial charge in [0.1, 0.15) is 5.82 Å². The van der Waals surface area contributed by atoms with E-state index in [2.05, 4.69) is 83.1 Å². The van der Waals surface area contributed by atoms with Gasteiger partial charge < -0.3 is 4.90 Å². The molecule has 1 aromatic carbocycles. The molecule has 0 atom stereocenters. The van der Waals surface area contributed by atoms with Crippen LogP contribution in [0.2, 0.25) is 0 Å². The van der Waals surface area contributed by atoms with Crippen molar-refractivity contribution in [2.24, 2.45) is 0 Å². The van der Waals surface area contributed by atoms with Crippen molar-refractivity contribution >= 4 is 22.2 Å². The highest BCUT2D eigenvalue weighted by atomic mass is 15.2. The number of aryl methyl sites for hydroxylation is 1. The third-order valence-electron chi connectivity index (χ3n) is 5.64. The van der Waals surface area contributed by atoms with Gasteiger partial charge in [0.25, 0.3) is 0 Å². The lowest BCUT2D eigenvalue weighted by atomic mass is 10.0. The monoisotopic (exact) mass is 446 g/mol. The van der Waals surface area contributed by atoms with Crippen LogP contribution in [-0.4, -0.2) is 22.0 Å². The Labute approximate surface area is 202 Å². The fourth-order valence-corrected chi connectivity index (χ4v) is 4.04. The summed E-state index contributed by atoms with van der Waals surface area (Å²) in [6, 6.07) is 16.9. The Morgan fingerprint density at radius 2 is 1.76 bits per heavy atom. The number of aromatic nitrogens is 3. The topological polar surface area (TPSA) is 41.9 Å². The lowest BCUT2D eigenvalue weighted by Gasteiger charge is -2.20. The van der Waals surface area contributed by atoms with Gasteiger partial charge in [0, 0.05) is 48.8 Å². The van der Waals surface area contributed by atoms with Gasteiger partial charge in [0.05, 0.1) is 5.69 Å². The minimum absolute atomic E-state index is 0.751. The van der Waals surface area contributed by atoms with Gasteiger partial charge in [0.15, 0.2) is 0 Å². The predicted molar refractivity (Wildman–Crippen MR) is 144 cm³/mol. The molecule has 0 amide bonds. The van der Waals surface area contributed by atoms with Gasteiger partial charge in [-0.1, -0.05) is 54.6 Å². The first-order valence-corrected chi connectivity index (χ1v) is 11.4. The van der Waals surface area contributed by atoms with Gasteiger partial charge in [-0.3, -0.25) is 9.97 Å². The molecule has 34 heavy (non-hydrogen) atoms. The average Bonchev–Trinajstić information content (AvgIpc) is 2.83. The van der Waals surface area contributed by atoms with Crippen LogP contribution in [0.15, 0.2) is 97.5 Å². The molecule has 3 heterocycles. The van der Waals surface area contributed by atoms with Gasteiger partial charge in [-0.2, -0.15) is 0 Å². The highest BCUT2D eigenvalue weighted by Gasteiger charge is 2.11. The molecule has 0 unspecified atom stereocenters. The standard InChI is InChI=1S/C30H30N4/c1-6-7-25(16-21(2)3)24-10-8-23(9-11-24)20-34(5)30-28-19-33-29(18-26(28)12-15-32-30)27-13-14-31-22(4)17-27/h6-19H,2,20H2,1,3-5H3/b7-6-,25-16+. The number of benzene rings is 1. The Morgan fingerprint density at radius 3 is 2.47 bits per heavy atom. The number of hydrogen-bond acceptors (Lipinski definition) is 4. The summed E-state index contributed by atoms with van der Waals surface area (Å²) in [5.74, 6) is 0.920. The lowest BCUT2D eigenvalue weighted by Crippen LogP contribution is -2.18. The summed E-state index contributed by atoms with van der Waals surface area (Å²) >= 11 is 0. The van der Waals surface area contributed by atoms with E-state index in [-0.39, 0.29) is 0 Å². The zero-order chi connectivity index (χ0) is 24.1. The van der Waals surface area contributed by atoms with Gasteiger partial charge in [-0.25, -0.2) is 4.98 Å². The van der Waals surface area contributed by atoms with Crippen molar-refractivity contribution < 1.29 is 0 Å². The maximum Gasteiger partial charge on any atom is 0.138 e. The Bertz CT molecular complexity index is 1380. The average molecular weight is 447 g/mol. The van der Waals surface area contributed by atoms with Crippen LogP contribution < -0.4 is 4.90 Å². The second-order valence-electron chi connectivity index (χ2n) is 8.61. The largest absolute Gasteiger partial charge is 0.355 e. The molecule has 170 valence electrons. The maximum absolute atomic E-state index is 4.73. The van der Waals surface area contributed by atoms with Crippen molar-refractivity contribution in [3.63, 3.8) is 0 Å². The summed E-state index contributed by atoms with van der Waals surface area (Å²) in [6.07, 6.45) is 11.9. The number of rotatable bonds is 7. The van der Waals surface area contributed by atoms with Crippen LogP contribution in [0.5, 0.6) is 0 Å². The van der Waals surface area contributed by atoms with Gasteiger partial charge in [-0.15, -0.1) is 0 Å². The second-order valence-corrected chi connectivity index (χ2v) is 8.61. The number of allylic oxidation sites excluding steroid dienone is 5. The molecule has 4 aromatic rings. The lowest BCUT2D eigenvalue weighted by molar-refractivity contribution is 0.904. The van der Waals surface area contributed by atoms with Crippen molar-refractivity contribution in [1.29, 1.82) is 0 Å². The summed E-state index contributed by atoms with van der Waals surface area (Å²) in [5.41, 5.74) is 7.59. The van der Waals surface area contributed by atoms with Gasteiger partial charge >= 0.3 is 0 Å². The fraction of sp³-hybridized carbons (Fsp3) is 0.167. The summed E-state index contributed by atoms with van der Waals surface area (Å²) in [5, 5.41) is 2.16. The molecule has 0 saturated carbocycles. The summed E-state index contributed by atoms with van der Waals surface area (Å²) in [4.78, 5) is 15.9. The van der Waals surface area contributed by atoms with Crippen molar-refractivity contribution in [3.8, 4) is 11.3 Å². The number of hydrogen-bond donors (Lipinski definition) is 0. The summed E-state index contributed by atoms with van der Waals surface area (Å²) in [6.45, 7) is 10.8. The summed E-state index contributed by atoms with van der Waals surface area (Å²) in [7, 11) is 2.07. The normalized spacial score (nSPS) is 11.8. The van der Waals surface area contributed by atoms with E-state index < -0.39 is 0 Å². The molecule has 0 spiro atoms. The van der Waals surface area contributed by atoms with Gasteiger partial charge in [0.2, 0.25) is 0 Å². The van der Waals surface area contributed by atoms with Crippen LogP contribution in [0.3, 0.4) is 0 Å². The number of fused-ring (bicyclic) bond motifs is 1. The molecule has 4 nitrogen and oxygen atoms in total. The van der Waals surface area contributed by atoms with E-state index in [0.717, 1.165) is 51.2 Å². The number of nitrogens with zero attached hydrogens (tertiary/aromatic N) is 4. The Balaban J connectivity index is 1.58. The molecular formula is C30H30N4. The third kappa shape index (κ3) is 5.29. The highest BCUT2D eigenvalue weighted by Crippen LogP contribution is 2.28. The smallest absolute Gasteiger partial charge is 0.138 e. The van der Waals surface area contributed by atoms with Crippen LogP contribution in [0.4, 0.5) is 5.82 Å². The first kappa shape index (κ1) is 23.1. The molecule has 4 rings (SSSR count). The first-order chi connectivity index (χ1) is 16.4. The van der Waals surface area contributed by atoms with E-state index in [0.29, 0.717) is 0 Å². The maximum atomic E-state index is 4.73. The van der Waals surface area contributed by atoms with E-state index in [1.54, 1.807) is 0 Å². The molecule has 0 N–H and O–H groups in total. The highest BCUT2D eigenvalue weighted by molar-refractivity contribution is 5.93. The van der Waals surface area contributed by atoms with Crippen molar-refractivity contribution in [2.75, 3.05) is 11.9 Å². The van der Waals surface area contributed by atoms with Crippen molar-refractivity contribution in [3.05, 3.63) is 114 Å². The van der Waals surface area contributed by atoms with Crippen molar-refractivity contribution in [2.45, 2.75) is 27.3 Å². The van der Waals surface area contributed by atoms with Gasteiger partial charge in [-0.05, 0) is 67.1 Å². The van der Waals surface area contributed by atoms with Crippen LogP contribution in [0, 0.1) is 6.92 Å². The van der Waals surface area contributed by atoms with E-state index in [1.807, 2.05) is 51.5 Å². The SMILES string of the molecule is C=C(C)/C=C(\C=C/C)c1ccc(CN(C)c2nccc3cc(-c4ccnc(C)c4)ncc23)cc1. The predicted octanol–water partition coefficient (Wildman–Crippen LogP) is 7.17. The Hall–Kier alpha value is -4.05. The second kappa shape index (κ2) is 10.3. The molecular weight excluding hydrogens is 416 g/mol. The Morgan fingerprint density at radius 1 is 1.00 bits per heavy atom. The molecule has 3 aromatic heterocycles. The fourth-order valence-electron chi connectivity index (χ4n) is 4.04. The quantitative estimate of drug-likeness (QED) is 0.282. The molecule has 0 radical (unpaired) electrons. The minimum Gasteiger partial charge on any atom is -0.355 e. The molecule has 4 heteroatoms. The minimum atomic E-state index is 0.751. The zero-order valence-corrected chi connectivity index (χ0v) is 20.3. The van der Waals surface area contributed by atoms with E-state index in [4.69, 9.17) is 4.98 Å². The molecule has 0 aliphatic rings. The van der Waals surface area contributed by atoms with Crippen molar-refractivity contribution in [1.82, 2.24) is 15.0 Å².